The first kappa shape index (κ1) is 19.9. The van der Waals surface area contributed by atoms with Crippen LogP contribution in [0.25, 0.3) is 0 Å². The van der Waals surface area contributed by atoms with Crippen molar-refractivity contribution in [3.63, 3.8) is 0 Å². The quantitative estimate of drug-likeness (QED) is 0.153. The van der Waals surface area contributed by atoms with Gasteiger partial charge in [-0.3, -0.25) is 9.59 Å². The number of para-hydroxylation sites is 1. The maximum atomic E-state index is 11.9. The number of hydrogen-bond donors (Lipinski definition) is 0. The Morgan fingerprint density at radius 1 is 1.12 bits per heavy atom. The molecule has 10 heteroatoms. The molecule has 0 aliphatic rings. The number of unbranched alkanes of at least 4 members (excludes halogenated alkanes) is 1. The molecule has 0 aromatic heterocycles. The Kier molecular flexibility index (Phi) is 8.41. The third-order valence-corrected chi connectivity index (χ3v) is 2.74. The van der Waals surface area contributed by atoms with Crippen molar-refractivity contribution in [3.05, 3.63) is 39.9 Å². The van der Waals surface area contributed by atoms with E-state index >= 15 is 0 Å². The van der Waals surface area contributed by atoms with Gasteiger partial charge in [-0.15, -0.1) is 10.1 Å². The van der Waals surface area contributed by atoms with Crippen molar-refractivity contribution < 1.29 is 38.5 Å². The Balaban J connectivity index is 2.31. The molecule has 0 amide bonds. The van der Waals surface area contributed by atoms with Crippen LogP contribution in [0.1, 0.15) is 36.5 Å². The maximum absolute atomic E-state index is 11.9. The lowest BCUT2D eigenvalue weighted by molar-refractivity contribution is -0.757. The van der Waals surface area contributed by atoms with Gasteiger partial charge >= 0.3 is 17.9 Å². The van der Waals surface area contributed by atoms with Gasteiger partial charge in [0.1, 0.15) is 11.3 Å². The van der Waals surface area contributed by atoms with E-state index in [1.807, 2.05) is 0 Å². The van der Waals surface area contributed by atoms with E-state index in [0.29, 0.717) is 12.8 Å². The number of hydrogen-bond acceptors (Lipinski definition) is 9. The molecule has 0 heterocycles. The van der Waals surface area contributed by atoms with Gasteiger partial charge in [0.2, 0.25) is 6.79 Å². The van der Waals surface area contributed by atoms with Crippen molar-refractivity contribution >= 4 is 17.9 Å². The van der Waals surface area contributed by atoms with Crippen LogP contribution in [0, 0.1) is 10.1 Å². The summed E-state index contributed by atoms with van der Waals surface area (Å²) >= 11 is 0. The summed E-state index contributed by atoms with van der Waals surface area (Å²) in [4.78, 5) is 48.3. The van der Waals surface area contributed by atoms with Gasteiger partial charge < -0.3 is 19.0 Å². The molecule has 0 spiro atoms. The van der Waals surface area contributed by atoms with E-state index in [0.717, 1.165) is 0 Å². The molecule has 0 radical (unpaired) electrons. The molecule has 25 heavy (non-hydrogen) atoms. The van der Waals surface area contributed by atoms with Crippen molar-refractivity contribution in [1.29, 1.82) is 0 Å². The molecule has 0 aliphatic heterocycles. The lowest BCUT2D eigenvalue weighted by Gasteiger charge is -2.09. The van der Waals surface area contributed by atoms with Crippen molar-refractivity contribution in [3.8, 4) is 5.75 Å². The molecule has 0 atom stereocenters. The molecule has 1 aromatic carbocycles. The topological polar surface area (TPSA) is 131 Å². The van der Waals surface area contributed by atoms with Crippen molar-refractivity contribution in [2.24, 2.45) is 0 Å². The number of benzene rings is 1. The van der Waals surface area contributed by atoms with Crippen LogP contribution in [0.15, 0.2) is 24.3 Å². The largest absolute Gasteiger partial charge is 0.428 e. The first-order valence-electron chi connectivity index (χ1n) is 7.27. The van der Waals surface area contributed by atoms with Crippen molar-refractivity contribution in [1.82, 2.24) is 0 Å². The molecule has 0 bridgehead atoms. The van der Waals surface area contributed by atoms with Gasteiger partial charge in [-0.25, -0.2) is 4.79 Å². The summed E-state index contributed by atoms with van der Waals surface area (Å²) in [7, 11) is 0. The second-order valence-corrected chi connectivity index (χ2v) is 4.67. The first-order valence-corrected chi connectivity index (χ1v) is 7.27. The number of rotatable bonds is 10. The summed E-state index contributed by atoms with van der Waals surface area (Å²) in [5.74, 6) is -1.99. The maximum Gasteiger partial charge on any atom is 0.344 e. The molecule has 0 saturated carbocycles. The highest BCUT2D eigenvalue weighted by atomic mass is 16.9. The average molecular weight is 355 g/mol. The van der Waals surface area contributed by atoms with E-state index in [9.17, 15) is 24.5 Å². The Bertz CT molecular complexity index is 629. The number of ether oxygens (including phenoxy) is 3. The summed E-state index contributed by atoms with van der Waals surface area (Å²) in [5.41, 5.74) is 0.0191. The van der Waals surface area contributed by atoms with Crippen LogP contribution < -0.4 is 4.74 Å². The van der Waals surface area contributed by atoms with Crippen molar-refractivity contribution in [2.75, 3.05) is 13.4 Å². The van der Waals surface area contributed by atoms with Gasteiger partial charge in [-0.1, -0.05) is 12.1 Å². The first-order chi connectivity index (χ1) is 11.9. The Labute approximate surface area is 142 Å². The Morgan fingerprint density at radius 2 is 1.84 bits per heavy atom. The van der Waals surface area contributed by atoms with Crippen LogP contribution in [0.4, 0.5) is 0 Å². The van der Waals surface area contributed by atoms with Crippen LogP contribution in [0.3, 0.4) is 0 Å². The van der Waals surface area contributed by atoms with E-state index in [2.05, 4.69) is 4.84 Å². The van der Waals surface area contributed by atoms with Crippen molar-refractivity contribution in [2.45, 2.75) is 26.2 Å². The van der Waals surface area contributed by atoms with E-state index < -0.39 is 29.8 Å². The highest BCUT2D eigenvalue weighted by Crippen LogP contribution is 2.19. The second kappa shape index (κ2) is 10.6. The SMILES string of the molecule is CC(=O)Oc1ccccc1C(=O)OCOC(=O)CCCCO[N+](=O)[O-]. The van der Waals surface area contributed by atoms with Gasteiger partial charge in [-0.2, -0.15) is 0 Å². The fourth-order valence-corrected chi connectivity index (χ4v) is 1.69. The molecule has 0 fully saturated rings. The highest BCUT2D eigenvalue weighted by Gasteiger charge is 2.15. The van der Waals surface area contributed by atoms with Crippen LogP contribution in [-0.4, -0.2) is 36.4 Å². The molecule has 0 aliphatic carbocycles. The van der Waals surface area contributed by atoms with Gasteiger partial charge in [0.15, 0.2) is 0 Å². The van der Waals surface area contributed by atoms with Crippen LogP contribution in [-0.2, 0) is 23.9 Å². The van der Waals surface area contributed by atoms with Crippen LogP contribution in [0.2, 0.25) is 0 Å². The minimum atomic E-state index is -0.911. The van der Waals surface area contributed by atoms with E-state index in [1.165, 1.54) is 19.1 Å². The third-order valence-electron chi connectivity index (χ3n) is 2.74. The normalized spacial score (nSPS) is 9.80. The van der Waals surface area contributed by atoms with E-state index in [4.69, 9.17) is 14.2 Å². The minimum Gasteiger partial charge on any atom is -0.428 e. The van der Waals surface area contributed by atoms with Gasteiger partial charge in [0.05, 0.1) is 6.61 Å². The molecular weight excluding hydrogens is 338 g/mol. The predicted octanol–water partition coefficient (Wildman–Crippen LogP) is 1.65. The molecule has 10 nitrogen and oxygen atoms in total. The monoisotopic (exact) mass is 355 g/mol. The molecule has 0 N–H and O–H groups in total. The smallest absolute Gasteiger partial charge is 0.344 e. The number of nitrogens with zero attached hydrogens (tertiary/aromatic N) is 1. The summed E-state index contributed by atoms with van der Waals surface area (Å²) < 4.78 is 14.4. The Morgan fingerprint density at radius 3 is 2.52 bits per heavy atom. The molecule has 0 unspecified atom stereocenters. The minimum absolute atomic E-state index is 0.00264. The fourth-order valence-electron chi connectivity index (χ4n) is 1.69. The van der Waals surface area contributed by atoms with Crippen LogP contribution >= 0.6 is 0 Å². The van der Waals surface area contributed by atoms with Crippen LogP contribution in [0.5, 0.6) is 5.75 Å². The number of esters is 3. The molecule has 1 rings (SSSR count). The lowest BCUT2D eigenvalue weighted by atomic mass is 10.2. The summed E-state index contributed by atoms with van der Waals surface area (Å²) in [6.07, 6.45) is 0.643. The van der Waals surface area contributed by atoms with E-state index in [1.54, 1.807) is 12.1 Å². The Hall–Kier alpha value is -3.17. The zero-order valence-corrected chi connectivity index (χ0v) is 13.5. The van der Waals surface area contributed by atoms with Gasteiger partial charge in [-0.05, 0) is 25.0 Å². The summed E-state index contributed by atoms with van der Waals surface area (Å²) in [6, 6.07) is 5.97. The van der Waals surface area contributed by atoms with Gasteiger partial charge in [0, 0.05) is 13.3 Å². The molecule has 1 aromatic rings. The summed E-state index contributed by atoms with van der Waals surface area (Å²) in [6.45, 7) is 0.486. The zero-order valence-electron chi connectivity index (χ0n) is 13.5. The number of carbonyl (C=O) groups excluding carboxylic acids is 3. The highest BCUT2D eigenvalue weighted by molar-refractivity contribution is 5.93. The summed E-state index contributed by atoms with van der Waals surface area (Å²) in [5, 5.41) is 9.01. The standard InChI is InChI=1S/C15H17NO9/c1-11(17)25-13-7-3-2-6-12(13)15(19)23-10-22-14(18)8-4-5-9-24-16(20)21/h2-3,6-7H,4-5,8-10H2,1H3. The fraction of sp³-hybridized carbons (Fsp3) is 0.400. The van der Waals surface area contributed by atoms with Gasteiger partial charge in [0.25, 0.3) is 5.09 Å². The molecule has 0 saturated heterocycles. The third kappa shape index (κ3) is 8.30. The average Bonchev–Trinajstić information content (AvgIpc) is 2.54. The number of carbonyl (C=O) groups is 3. The lowest BCUT2D eigenvalue weighted by Crippen LogP contribution is -2.14. The predicted molar refractivity (Wildman–Crippen MR) is 80.9 cm³/mol. The molecular formula is C15H17NO9. The zero-order chi connectivity index (χ0) is 18.7. The molecule has 136 valence electrons. The second-order valence-electron chi connectivity index (χ2n) is 4.67. The van der Waals surface area contributed by atoms with E-state index in [-0.39, 0.29) is 24.3 Å².